The summed E-state index contributed by atoms with van der Waals surface area (Å²) in [4.78, 5) is 0. The topological polar surface area (TPSA) is 9.23 Å². The average molecular weight is 372 g/mol. The molecular weight excluding hydrogens is 347 g/mol. The van der Waals surface area contributed by atoms with E-state index in [9.17, 15) is 0 Å². The van der Waals surface area contributed by atoms with E-state index in [0.29, 0.717) is 0 Å². The first kappa shape index (κ1) is 15.3. The van der Waals surface area contributed by atoms with E-state index < -0.39 is 0 Å². The van der Waals surface area contributed by atoms with Gasteiger partial charge in [-0.15, -0.1) is 0 Å². The number of aryl methyl sites for hydroxylation is 1. The zero-order valence-corrected chi connectivity index (χ0v) is 14.1. The van der Waals surface area contributed by atoms with Crippen molar-refractivity contribution in [3.8, 4) is 0 Å². The molecule has 106 valence electrons. The van der Waals surface area contributed by atoms with Gasteiger partial charge in [-0.05, 0) is 37.2 Å². The maximum atomic E-state index is 6.30. The molecule has 1 aliphatic carbocycles. The molecule has 2 unspecified atom stereocenters. The van der Waals surface area contributed by atoms with E-state index in [1.807, 2.05) is 0 Å². The monoisotopic (exact) mass is 372 g/mol. The summed E-state index contributed by atoms with van der Waals surface area (Å²) < 4.78 is 7.44. The quantitative estimate of drug-likeness (QED) is 0.387. The molecule has 1 fully saturated rings. The number of alkyl halides is 1. The molecule has 0 heterocycles. The zero-order valence-electron chi connectivity index (χ0n) is 11.9. The predicted molar refractivity (Wildman–Crippen MR) is 90.0 cm³/mol. The summed E-state index contributed by atoms with van der Waals surface area (Å²) in [6, 6.07) is 10.7. The van der Waals surface area contributed by atoms with Crippen molar-refractivity contribution in [3.05, 3.63) is 35.9 Å². The first-order chi connectivity index (χ1) is 9.24. The predicted octanol–water partition coefficient (Wildman–Crippen LogP) is 5.02. The summed E-state index contributed by atoms with van der Waals surface area (Å²) in [5.41, 5.74) is 1.60. The smallest absolute Gasteiger partial charge is 0.0774 e. The molecule has 0 aliphatic heterocycles. The van der Waals surface area contributed by atoms with Crippen molar-refractivity contribution in [3.63, 3.8) is 0 Å². The number of hydrogen-bond acceptors (Lipinski definition) is 1. The van der Waals surface area contributed by atoms with Gasteiger partial charge >= 0.3 is 0 Å². The Bertz CT molecular complexity index is 365. The molecule has 0 aromatic heterocycles. The summed E-state index contributed by atoms with van der Waals surface area (Å²) in [6.45, 7) is 3.28. The molecule has 0 radical (unpaired) electrons. The third-order valence-electron chi connectivity index (χ3n) is 4.15. The molecule has 1 aliphatic rings. The largest absolute Gasteiger partial charge is 0.374 e. The van der Waals surface area contributed by atoms with Crippen LogP contribution in [0.3, 0.4) is 0 Å². The van der Waals surface area contributed by atoms with E-state index in [1.165, 1.54) is 31.2 Å². The molecule has 0 spiro atoms. The van der Waals surface area contributed by atoms with Crippen LogP contribution in [0, 0.1) is 5.92 Å². The van der Waals surface area contributed by atoms with Gasteiger partial charge in [0.15, 0.2) is 0 Å². The lowest BCUT2D eigenvalue weighted by Crippen LogP contribution is -2.39. The highest BCUT2D eigenvalue weighted by molar-refractivity contribution is 14.1. The van der Waals surface area contributed by atoms with Crippen LogP contribution in [0.15, 0.2) is 30.3 Å². The lowest BCUT2D eigenvalue weighted by atomic mass is 9.80. The van der Waals surface area contributed by atoms with Gasteiger partial charge in [0.1, 0.15) is 0 Å². The second-order valence-corrected chi connectivity index (χ2v) is 6.72. The average Bonchev–Trinajstić information content (AvgIpc) is 2.45. The van der Waals surface area contributed by atoms with Gasteiger partial charge in [0.2, 0.25) is 0 Å². The Morgan fingerprint density at radius 3 is 2.79 bits per heavy atom. The van der Waals surface area contributed by atoms with E-state index in [4.69, 9.17) is 4.74 Å². The van der Waals surface area contributed by atoms with Crippen LogP contribution in [0.4, 0.5) is 0 Å². The molecule has 0 N–H and O–H groups in total. The fourth-order valence-electron chi connectivity index (χ4n) is 3.11. The van der Waals surface area contributed by atoms with Gasteiger partial charge in [-0.25, -0.2) is 0 Å². The summed E-state index contributed by atoms with van der Waals surface area (Å²) in [7, 11) is 0. The number of benzene rings is 1. The Balaban J connectivity index is 1.74. The molecule has 1 nitrogen and oxygen atoms in total. The molecule has 1 aromatic carbocycles. The standard InChI is InChI=1S/C17H25IO/c1-15-7-5-11-17(13-15,14-18)19-12-6-10-16-8-3-2-4-9-16/h2-4,8-9,15H,5-7,10-14H2,1H3. The number of ether oxygens (including phenoxy) is 1. The van der Waals surface area contributed by atoms with Gasteiger partial charge in [0.25, 0.3) is 0 Å². The normalized spacial score (nSPS) is 27.4. The minimum Gasteiger partial charge on any atom is -0.374 e. The second kappa shape index (κ2) is 7.63. The van der Waals surface area contributed by atoms with Crippen LogP contribution in [0.5, 0.6) is 0 Å². The SMILES string of the molecule is CC1CCCC(CI)(OCCCc2ccccc2)C1. The van der Waals surface area contributed by atoms with Gasteiger partial charge < -0.3 is 4.74 Å². The molecule has 1 saturated carbocycles. The second-order valence-electron chi connectivity index (χ2n) is 5.96. The Labute approximate surface area is 131 Å². The number of halogens is 1. The minimum atomic E-state index is 0.176. The maximum absolute atomic E-state index is 6.30. The summed E-state index contributed by atoms with van der Waals surface area (Å²) >= 11 is 2.51. The van der Waals surface area contributed by atoms with Crippen molar-refractivity contribution in [1.82, 2.24) is 0 Å². The van der Waals surface area contributed by atoms with Crippen molar-refractivity contribution >= 4 is 22.6 Å². The van der Waals surface area contributed by atoms with Crippen LogP contribution in [0.1, 0.15) is 44.6 Å². The van der Waals surface area contributed by atoms with E-state index >= 15 is 0 Å². The molecule has 0 bridgehead atoms. The Morgan fingerprint density at radius 2 is 2.11 bits per heavy atom. The van der Waals surface area contributed by atoms with E-state index in [0.717, 1.165) is 29.8 Å². The van der Waals surface area contributed by atoms with Crippen LogP contribution in [-0.2, 0) is 11.2 Å². The van der Waals surface area contributed by atoms with Gasteiger partial charge in [0, 0.05) is 11.0 Å². The molecule has 19 heavy (non-hydrogen) atoms. The first-order valence-corrected chi connectivity index (χ1v) is 9.00. The Hall–Kier alpha value is -0.0900. The molecule has 0 saturated heterocycles. The van der Waals surface area contributed by atoms with Crippen LogP contribution in [0.2, 0.25) is 0 Å². The molecule has 0 amide bonds. The molecule has 2 heteroatoms. The highest BCUT2D eigenvalue weighted by Gasteiger charge is 2.34. The highest BCUT2D eigenvalue weighted by atomic mass is 127. The van der Waals surface area contributed by atoms with Crippen LogP contribution < -0.4 is 0 Å². The molecule has 2 atom stereocenters. The highest BCUT2D eigenvalue weighted by Crippen LogP contribution is 2.36. The fourth-order valence-corrected chi connectivity index (χ4v) is 4.03. The van der Waals surface area contributed by atoms with Crippen molar-refractivity contribution < 1.29 is 4.74 Å². The Kier molecular flexibility index (Phi) is 6.14. The van der Waals surface area contributed by atoms with E-state index in [2.05, 4.69) is 59.8 Å². The van der Waals surface area contributed by atoms with Crippen LogP contribution in [0.25, 0.3) is 0 Å². The Morgan fingerprint density at radius 1 is 1.32 bits per heavy atom. The maximum Gasteiger partial charge on any atom is 0.0774 e. The molecule has 1 aromatic rings. The lowest BCUT2D eigenvalue weighted by Gasteiger charge is -2.38. The summed E-state index contributed by atoms with van der Waals surface area (Å²) in [6.07, 6.45) is 7.49. The third kappa shape index (κ3) is 4.75. The van der Waals surface area contributed by atoms with Gasteiger partial charge in [-0.2, -0.15) is 0 Å². The van der Waals surface area contributed by atoms with Crippen LogP contribution >= 0.6 is 22.6 Å². The lowest BCUT2D eigenvalue weighted by molar-refractivity contribution is -0.0623. The van der Waals surface area contributed by atoms with E-state index in [-0.39, 0.29) is 5.60 Å². The zero-order chi connectivity index (χ0) is 13.6. The number of rotatable bonds is 6. The van der Waals surface area contributed by atoms with E-state index in [1.54, 1.807) is 0 Å². The van der Waals surface area contributed by atoms with Crippen molar-refractivity contribution in [1.29, 1.82) is 0 Å². The van der Waals surface area contributed by atoms with Crippen LogP contribution in [-0.4, -0.2) is 16.6 Å². The van der Waals surface area contributed by atoms with Gasteiger partial charge in [-0.3, -0.25) is 0 Å². The molecule has 2 rings (SSSR count). The minimum absolute atomic E-state index is 0.176. The van der Waals surface area contributed by atoms with Crippen molar-refractivity contribution in [2.75, 3.05) is 11.0 Å². The molecular formula is C17H25IO. The third-order valence-corrected chi connectivity index (χ3v) is 5.54. The summed E-state index contributed by atoms with van der Waals surface area (Å²) in [5.74, 6) is 0.831. The summed E-state index contributed by atoms with van der Waals surface area (Å²) in [5, 5.41) is 0. The number of hydrogen-bond donors (Lipinski definition) is 0. The van der Waals surface area contributed by atoms with Gasteiger partial charge in [0.05, 0.1) is 5.60 Å². The fraction of sp³-hybridized carbons (Fsp3) is 0.647. The first-order valence-electron chi connectivity index (χ1n) is 7.48. The van der Waals surface area contributed by atoms with Crippen molar-refractivity contribution in [2.24, 2.45) is 5.92 Å². The van der Waals surface area contributed by atoms with Crippen molar-refractivity contribution in [2.45, 2.75) is 51.0 Å². The van der Waals surface area contributed by atoms with Gasteiger partial charge in [-0.1, -0.05) is 72.7 Å².